The predicted molar refractivity (Wildman–Crippen MR) is 172 cm³/mol. The fourth-order valence-electron chi connectivity index (χ4n) is 9.62. The van der Waals surface area contributed by atoms with Crippen molar-refractivity contribution < 1.29 is 9.53 Å². The number of ether oxygens (including phenoxy) is 1. The third-order valence-electron chi connectivity index (χ3n) is 12.2. The van der Waals surface area contributed by atoms with Crippen LogP contribution in [0.25, 0.3) is 0 Å². The Labute approximate surface area is 253 Å². The Bertz CT molecular complexity index is 833. The highest BCUT2D eigenvalue weighted by Crippen LogP contribution is 2.44. The number of rotatable bonds is 8. The average molecular weight is 566 g/mol. The number of hydrogen-bond acceptors (Lipinski definition) is 3. The van der Waals surface area contributed by atoms with E-state index in [1.807, 2.05) is 5.57 Å². The summed E-state index contributed by atoms with van der Waals surface area (Å²) in [5.41, 5.74) is 2.36. The fraction of sp³-hybridized carbons (Fsp3) is 0.868. The molecule has 0 aromatic carbocycles. The van der Waals surface area contributed by atoms with Crippen molar-refractivity contribution in [3.63, 3.8) is 0 Å². The molecule has 5 aliphatic carbocycles. The molecule has 3 nitrogen and oxygen atoms in total. The van der Waals surface area contributed by atoms with Crippen LogP contribution < -0.4 is 0 Å². The lowest BCUT2D eigenvalue weighted by molar-refractivity contribution is -0.145. The first-order chi connectivity index (χ1) is 19.9. The molecule has 0 N–H and O–H groups in total. The van der Waals surface area contributed by atoms with Gasteiger partial charge in [0.2, 0.25) is 0 Å². The molecule has 0 atom stereocenters. The van der Waals surface area contributed by atoms with E-state index in [-0.39, 0.29) is 12.1 Å². The van der Waals surface area contributed by atoms with E-state index in [0.717, 1.165) is 54.6 Å². The minimum absolute atomic E-state index is 0.0926. The number of hydrogen-bond donors (Lipinski definition) is 0. The van der Waals surface area contributed by atoms with Gasteiger partial charge in [-0.25, -0.2) is 4.79 Å². The van der Waals surface area contributed by atoms with Crippen molar-refractivity contribution in [2.45, 2.75) is 180 Å². The second-order valence-electron chi connectivity index (χ2n) is 15.5. The van der Waals surface area contributed by atoms with E-state index in [4.69, 9.17) is 4.74 Å². The van der Waals surface area contributed by atoms with Gasteiger partial charge in [0.05, 0.1) is 0 Å². The zero-order chi connectivity index (χ0) is 28.8. The van der Waals surface area contributed by atoms with Crippen molar-refractivity contribution >= 4 is 5.97 Å². The van der Waals surface area contributed by atoms with Gasteiger partial charge in [0.1, 0.15) is 6.10 Å². The van der Waals surface area contributed by atoms with Crippen LogP contribution in [0.1, 0.15) is 156 Å². The molecular formula is C38H63NO2. The number of carbonyl (C=O) groups is 1. The zero-order valence-corrected chi connectivity index (χ0v) is 27.1. The molecule has 5 fully saturated rings. The molecule has 0 aliphatic heterocycles. The summed E-state index contributed by atoms with van der Waals surface area (Å²) in [6.07, 6.45) is 31.6. The van der Waals surface area contributed by atoms with E-state index < -0.39 is 0 Å². The topological polar surface area (TPSA) is 29.5 Å². The minimum Gasteiger partial charge on any atom is -0.459 e. The Balaban J connectivity index is 1.22. The molecule has 0 saturated heterocycles. The van der Waals surface area contributed by atoms with Crippen LogP contribution in [-0.4, -0.2) is 35.1 Å². The van der Waals surface area contributed by atoms with Crippen LogP contribution >= 0.6 is 0 Å². The first kappa shape index (κ1) is 31.3. The largest absolute Gasteiger partial charge is 0.459 e. The van der Waals surface area contributed by atoms with Gasteiger partial charge in [-0.05, 0) is 152 Å². The molecule has 0 unspecified atom stereocenters. The molecule has 5 saturated carbocycles. The lowest BCUT2D eigenvalue weighted by Gasteiger charge is -2.49. The second-order valence-corrected chi connectivity index (χ2v) is 15.5. The third-order valence-corrected chi connectivity index (χ3v) is 12.2. The highest BCUT2D eigenvalue weighted by atomic mass is 16.5. The van der Waals surface area contributed by atoms with E-state index in [1.165, 1.54) is 122 Å². The van der Waals surface area contributed by atoms with Gasteiger partial charge in [0.15, 0.2) is 0 Å². The molecule has 3 heteroatoms. The lowest BCUT2D eigenvalue weighted by atomic mass is 9.71. The van der Waals surface area contributed by atoms with Crippen LogP contribution in [0.5, 0.6) is 0 Å². The lowest BCUT2D eigenvalue weighted by Crippen LogP contribution is -2.52. The van der Waals surface area contributed by atoms with Crippen molar-refractivity contribution in [2.24, 2.45) is 29.6 Å². The predicted octanol–water partition coefficient (Wildman–Crippen LogP) is 10.2. The smallest absolute Gasteiger partial charge is 0.333 e. The quantitative estimate of drug-likeness (QED) is 0.167. The average Bonchev–Trinajstić information content (AvgIpc) is 2.99. The number of esters is 1. The van der Waals surface area contributed by atoms with E-state index >= 15 is 0 Å². The van der Waals surface area contributed by atoms with Gasteiger partial charge < -0.3 is 4.74 Å². The summed E-state index contributed by atoms with van der Waals surface area (Å²) >= 11 is 0. The van der Waals surface area contributed by atoms with E-state index in [9.17, 15) is 4.79 Å². The highest BCUT2D eigenvalue weighted by Gasteiger charge is 2.38. The van der Waals surface area contributed by atoms with E-state index in [2.05, 4.69) is 31.4 Å². The second kappa shape index (κ2) is 15.1. The maximum atomic E-state index is 12.1. The maximum Gasteiger partial charge on any atom is 0.333 e. The number of carbonyl (C=O) groups excluding carboxylic acids is 1. The molecule has 0 aromatic rings. The van der Waals surface area contributed by atoms with Gasteiger partial charge >= 0.3 is 5.97 Å². The third kappa shape index (κ3) is 8.51. The first-order valence-corrected chi connectivity index (χ1v) is 18.2. The highest BCUT2D eigenvalue weighted by molar-refractivity contribution is 5.87. The summed E-state index contributed by atoms with van der Waals surface area (Å²) in [6, 6.07) is 2.54. The maximum absolute atomic E-state index is 12.1. The van der Waals surface area contributed by atoms with E-state index in [0.29, 0.717) is 11.5 Å². The van der Waals surface area contributed by atoms with Gasteiger partial charge in [-0.3, -0.25) is 4.90 Å². The van der Waals surface area contributed by atoms with Crippen LogP contribution in [0.4, 0.5) is 0 Å². The van der Waals surface area contributed by atoms with Crippen molar-refractivity contribution in [3.05, 3.63) is 23.8 Å². The summed E-state index contributed by atoms with van der Waals surface area (Å²) in [4.78, 5) is 15.3. The number of nitrogens with zero attached hydrogens (tertiary/aromatic N) is 1. The molecule has 5 aliphatic rings. The molecule has 5 rings (SSSR count). The Morgan fingerprint density at radius 3 is 1.59 bits per heavy atom. The Kier molecular flexibility index (Phi) is 11.5. The molecule has 232 valence electrons. The van der Waals surface area contributed by atoms with Crippen molar-refractivity contribution in [3.8, 4) is 0 Å². The summed E-state index contributed by atoms with van der Waals surface area (Å²) in [5, 5.41) is 0. The van der Waals surface area contributed by atoms with Gasteiger partial charge in [-0.1, -0.05) is 51.3 Å². The van der Waals surface area contributed by atoms with Crippen molar-refractivity contribution in [2.75, 3.05) is 0 Å². The summed E-state index contributed by atoms with van der Waals surface area (Å²) in [5.74, 6) is 3.97. The van der Waals surface area contributed by atoms with Crippen LogP contribution in [0.3, 0.4) is 0 Å². The van der Waals surface area contributed by atoms with Crippen LogP contribution in [-0.2, 0) is 9.53 Å². The zero-order valence-electron chi connectivity index (χ0n) is 27.1. The van der Waals surface area contributed by atoms with E-state index in [1.54, 1.807) is 6.92 Å². The molecule has 0 aromatic heterocycles. The summed E-state index contributed by atoms with van der Waals surface area (Å²) in [7, 11) is 0. The fourth-order valence-corrected chi connectivity index (χ4v) is 9.62. The molecule has 0 amide bonds. The van der Waals surface area contributed by atoms with Gasteiger partial charge in [0, 0.05) is 23.7 Å². The van der Waals surface area contributed by atoms with Crippen LogP contribution in [0.15, 0.2) is 23.8 Å². The molecule has 0 radical (unpaired) electrons. The monoisotopic (exact) mass is 565 g/mol. The Hall–Kier alpha value is -1.09. The van der Waals surface area contributed by atoms with Gasteiger partial charge in [-0.15, -0.1) is 0 Å². The molecular weight excluding hydrogens is 502 g/mol. The summed E-state index contributed by atoms with van der Waals surface area (Å²) in [6.45, 7) is 10.5. The van der Waals surface area contributed by atoms with Crippen molar-refractivity contribution in [1.82, 2.24) is 4.90 Å². The van der Waals surface area contributed by atoms with Crippen LogP contribution in [0.2, 0.25) is 0 Å². The molecule has 0 spiro atoms. The van der Waals surface area contributed by atoms with Gasteiger partial charge in [-0.2, -0.15) is 0 Å². The molecule has 41 heavy (non-hydrogen) atoms. The standard InChI is InChI=1S/C38H63NO2/c1-27(2)38(40)41-36-24-16-32(17-25-36)37(31-8-6-5-7-9-31)26-30-14-22-35(23-15-30)39(33-18-10-28(3)11-19-33)34-20-12-29(4)13-21-34/h26,28-36H,1,5-25H2,2-4H3. The molecule has 0 bridgehead atoms. The number of allylic oxidation sites excluding steroid dienone is 2. The Morgan fingerprint density at radius 1 is 0.634 bits per heavy atom. The minimum atomic E-state index is -0.201. The van der Waals surface area contributed by atoms with Gasteiger partial charge in [0.25, 0.3) is 0 Å². The van der Waals surface area contributed by atoms with Crippen LogP contribution in [0, 0.1) is 29.6 Å². The van der Waals surface area contributed by atoms with Crippen molar-refractivity contribution in [1.29, 1.82) is 0 Å². The normalized spacial score (nSPS) is 38.0. The first-order valence-electron chi connectivity index (χ1n) is 18.2. The SMILES string of the molecule is C=C(C)C(=O)OC1CCC(C(=CC2CCC(N(C3CCC(C)CC3)C3CCC(C)CC3)CC2)C2CCCCC2)CC1. The Morgan fingerprint density at radius 2 is 1.10 bits per heavy atom. The molecule has 0 heterocycles. The summed E-state index contributed by atoms with van der Waals surface area (Å²) < 4.78 is 5.76.